The Kier molecular flexibility index (Phi) is 4.44. The first-order valence-electron chi connectivity index (χ1n) is 5.84. The van der Waals surface area contributed by atoms with E-state index in [1.165, 1.54) is 24.9 Å². The third-order valence-electron chi connectivity index (χ3n) is 2.79. The molecule has 2 aliphatic heterocycles. The minimum Gasteiger partial charge on any atom is -0.463 e. The molecule has 0 aromatic rings. The maximum absolute atomic E-state index is 10.8. The molecule has 3 nitrogen and oxygen atoms in total. The van der Waals surface area contributed by atoms with E-state index in [2.05, 4.69) is 13.0 Å². The molecule has 0 bridgehead atoms. The Morgan fingerprint density at radius 1 is 1.53 bits per heavy atom. The molecule has 0 spiro atoms. The van der Waals surface area contributed by atoms with Gasteiger partial charge in [0.1, 0.15) is 18.3 Å². The van der Waals surface area contributed by atoms with Crippen molar-refractivity contribution in [2.45, 2.75) is 36.6 Å². The minimum atomic E-state index is -0.253. The molecule has 2 rings (SSSR count). The van der Waals surface area contributed by atoms with Crippen molar-refractivity contribution in [3.8, 4) is 0 Å². The Labute approximate surface area is 111 Å². The highest BCUT2D eigenvalue weighted by Gasteiger charge is 2.40. The fraction of sp³-hybridized carbons (Fsp3) is 0.750. The van der Waals surface area contributed by atoms with E-state index in [1.54, 1.807) is 0 Å². The topological polar surface area (TPSA) is 35.5 Å². The summed E-state index contributed by atoms with van der Waals surface area (Å²) in [6.45, 7) is 3.86. The van der Waals surface area contributed by atoms with Crippen LogP contribution in [0.5, 0.6) is 0 Å². The summed E-state index contributed by atoms with van der Waals surface area (Å²) in [5.41, 5.74) is -0.222. The zero-order valence-corrected chi connectivity index (χ0v) is 11.8. The molecule has 0 aromatic carbocycles. The number of esters is 1. The van der Waals surface area contributed by atoms with Gasteiger partial charge in [0.15, 0.2) is 0 Å². The van der Waals surface area contributed by atoms with Gasteiger partial charge in [0.05, 0.1) is 4.58 Å². The standard InChI is InChI=1S/C12H18O3S2/c1-9(13)14-8-10-4-5-12(2,15-10)11-16-6-3-7-17-11/h4-5,10-11H,3,6-8H2,1-2H3/t10-,12+/m0/s1. The van der Waals surface area contributed by atoms with Crippen LogP contribution >= 0.6 is 23.5 Å². The predicted octanol–water partition coefficient (Wildman–Crippen LogP) is 2.46. The molecule has 2 heterocycles. The lowest BCUT2D eigenvalue weighted by atomic mass is 10.1. The molecule has 96 valence electrons. The van der Waals surface area contributed by atoms with Gasteiger partial charge in [-0.15, -0.1) is 23.5 Å². The van der Waals surface area contributed by atoms with Gasteiger partial charge >= 0.3 is 5.97 Å². The molecule has 0 aromatic heterocycles. The summed E-state index contributed by atoms with van der Waals surface area (Å²) in [7, 11) is 0. The molecule has 17 heavy (non-hydrogen) atoms. The van der Waals surface area contributed by atoms with Gasteiger partial charge in [0.2, 0.25) is 0 Å². The second kappa shape index (κ2) is 5.67. The first-order chi connectivity index (χ1) is 8.10. The molecular weight excluding hydrogens is 256 g/mol. The van der Waals surface area contributed by atoms with Crippen molar-refractivity contribution in [2.75, 3.05) is 18.1 Å². The third-order valence-corrected chi connectivity index (χ3v) is 6.20. The van der Waals surface area contributed by atoms with E-state index < -0.39 is 0 Å². The number of hydrogen-bond acceptors (Lipinski definition) is 5. The maximum atomic E-state index is 10.8. The summed E-state index contributed by atoms with van der Waals surface area (Å²) in [5, 5.41) is 0. The number of carbonyl (C=O) groups is 1. The summed E-state index contributed by atoms with van der Waals surface area (Å²) >= 11 is 3.93. The quantitative estimate of drug-likeness (QED) is 0.583. The maximum Gasteiger partial charge on any atom is 0.302 e. The van der Waals surface area contributed by atoms with Crippen LogP contribution in [0, 0.1) is 0 Å². The second-order valence-electron chi connectivity index (χ2n) is 4.43. The van der Waals surface area contributed by atoms with Crippen molar-refractivity contribution < 1.29 is 14.3 Å². The van der Waals surface area contributed by atoms with Crippen LogP contribution in [0.4, 0.5) is 0 Å². The predicted molar refractivity (Wildman–Crippen MR) is 72.4 cm³/mol. The third kappa shape index (κ3) is 3.42. The molecule has 1 saturated heterocycles. The van der Waals surface area contributed by atoms with Gasteiger partial charge in [-0.05, 0) is 24.9 Å². The summed E-state index contributed by atoms with van der Waals surface area (Å²) in [6.07, 6.45) is 5.32. The first-order valence-corrected chi connectivity index (χ1v) is 7.94. The summed E-state index contributed by atoms with van der Waals surface area (Å²) in [5.74, 6) is 2.16. The Morgan fingerprint density at radius 2 is 2.24 bits per heavy atom. The van der Waals surface area contributed by atoms with E-state index in [9.17, 15) is 4.79 Å². The minimum absolute atomic E-state index is 0.0907. The molecule has 0 amide bonds. The molecule has 5 heteroatoms. The van der Waals surface area contributed by atoms with Gasteiger partial charge in [0.25, 0.3) is 0 Å². The van der Waals surface area contributed by atoms with Crippen molar-refractivity contribution in [3.05, 3.63) is 12.2 Å². The SMILES string of the molecule is CC(=O)OC[C@@H]1C=C[C@](C)(C2SCCCS2)O1. The molecule has 0 radical (unpaired) electrons. The molecule has 2 atom stereocenters. The molecule has 0 aliphatic carbocycles. The molecule has 1 fully saturated rings. The van der Waals surface area contributed by atoms with Gasteiger partial charge < -0.3 is 9.47 Å². The van der Waals surface area contributed by atoms with Crippen LogP contribution < -0.4 is 0 Å². The van der Waals surface area contributed by atoms with E-state index >= 15 is 0 Å². The van der Waals surface area contributed by atoms with Crippen LogP contribution in [-0.2, 0) is 14.3 Å². The molecule has 0 N–H and O–H groups in total. The Balaban J connectivity index is 1.87. The van der Waals surface area contributed by atoms with Crippen LogP contribution in [0.1, 0.15) is 20.3 Å². The zero-order valence-electron chi connectivity index (χ0n) is 10.2. The number of rotatable bonds is 3. The van der Waals surface area contributed by atoms with E-state index in [0.29, 0.717) is 11.2 Å². The Bertz CT molecular complexity index is 313. The highest BCUT2D eigenvalue weighted by Crippen LogP contribution is 2.43. The molecular formula is C12H18O3S2. The van der Waals surface area contributed by atoms with E-state index in [-0.39, 0.29) is 17.7 Å². The van der Waals surface area contributed by atoms with Crippen LogP contribution in [0.15, 0.2) is 12.2 Å². The van der Waals surface area contributed by atoms with Crippen molar-refractivity contribution in [1.82, 2.24) is 0 Å². The fourth-order valence-corrected chi connectivity index (χ4v) is 5.07. The average molecular weight is 274 g/mol. The highest BCUT2D eigenvalue weighted by molar-refractivity contribution is 8.17. The number of hydrogen-bond donors (Lipinski definition) is 0. The van der Waals surface area contributed by atoms with Crippen LogP contribution in [0.2, 0.25) is 0 Å². The van der Waals surface area contributed by atoms with Crippen molar-refractivity contribution in [3.63, 3.8) is 0 Å². The van der Waals surface area contributed by atoms with Crippen LogP contribution in [-0.4, -0.2) is 40.4 Å². The largest absolute Gasteiger partial charge is 0.463 e. The van der Waals surface area contributed by atoms with Crippen LogP contribution in [0.25, 0.3) is 0 Å². The lowest BCUT2D eigenvalue weighted by molar-refractivity contribution is -0.145. The number of thioether (sulfide) groups is 2. The summed E-state index contributed by atoms with van der Waals surface area (Å²) in [6, 6.07) is 0. The highest BCUT2D eigenvalue weighted by atomic mass is 32.2. The van der Waals surface area contributed by atoms with Gasteiger partial charge in [-0.2, -0.15) is 0 Å². The summed E-state index contributed by atoms with van der Waals surface area (Å²) < 4.78 is 11.4. The Morgan fingerprint density at radius 3 is 2.88 bits per heavy atom. The van der Waals surface area contributed by atoms with Crippen molar-refractivity contribution in [1.29, 1.82) is 0 Å². The van der Waals surface area contributed by atoms with Crippen molar-refractivity contribution in [2.24, 2.45) is 0 Å². The fourth-order valence-electron chi connectivity index (χ4n) is 1.95. The normalized spacial score (nSPS) is 33.9. The lowest BCUT2D eigenvalue weighted by Gasteiger charge is -2.34. The zero-order chi connectivity index (χ0) is 12.3. The van der Waals surface area contributed by atoms with E-state index in [1.807, 2.05) is 29.6 Å². The first kappa shape index (κ1) is 13.3. The Hall–Kier alpha value is -0.130. The van der Waals surface area contributed by atoms with E-state index in [0.717, 1.165) is 0 Å². The number of carbonyl (C=O) groups excluding carboxylic acids is 1. The molecule has 2 aliphatic rings. The smallest absolute Gasteiger partial charge is 0.302 e. The lowest BCUT2D eigenvalue weighted by Crippen LogP contribution is -2.38. The average Bonchev–Trinajstić information content (AvgIpc) is 2.71. The van der Waals surface area contributed by atoms with Crippen LogP contribution in [0.3, 0.4) is 0 Å². The van der Waals surface area contributed by atoms with Gasteiger partial charge in [-0.25, -0.2) is 0 Å². The molecule has 0 unspecified atom stereocenters. The van der Waals surface area contributed by atoms with Gasteiger partial charge in [-0.1, -0.05) is 12.2 Å². The number of ether oxygens (including phenoxy) is 2. The summed E-state index contributed by atoms with van der Waals surface area (Å²) in [4.78, 5) is 10.8. The van der Waals surface area contributed by atoms with E-state index in [4.69, 9.17) is 9.47 Å². The second-order valence-corrected chi connectivity index (χ2v) is 7.15. The molecule has 0 saturated carbocycles. The van der Waals surface area contributed by atoms with Gasteiger partial charge in [-0.3, -0.25) is 4.79 Å². The van der Waals surface area contributed by atoms with Gasteiger partial charge in [0, 0.05) is 6.92 Å². The van der Waals surface area contributed by atoms with Crippen molar-refractivity contribution >= 4 is 29.5 Å². The monoisotopic (exact) mass is 274 g/mol.